The van der Waals surface area contributed by atoms with Crippen molar-refractivity contribution < 1.29 is 9.72 Å². The summed E-state index contributed by atoms with van der Waals surface area (Å²) in [5, 5.41) is 33.0. The standard InChI is InChI=1S/C13H11N5O3/c14-6-3-7-16-9-10(8-15)13(19)17-11-4-1-2-5-12(11)18(20)21/h1-2,4-5,9,16H,3,7H2,(H,17,19)/b10-9-. The van der Waals surface area contributed by atoms with E-state index in [2.05, 4.69) is 10.6 Å². The van der Waals surface area contributed by atoms with Crippen LogP contribution in [0.5, 0.6) is 0 Å². The van der Waals surface area contributed by atoms with Crippen molar-refractivity contribution in [3.63, 3.8) is 0 Å². The molecule has 0 unspecified atom stereocenters. The third-order valence-corrected chi connectivity index (χ3v) is 2.34. The van der Waals surface area contributed by atoms with Crippen molar-refractivity contribution in [2.24, 2.45) is 0 Å². The average Bonchev–Trinajstić information content (AvgIpc) is 2.47. The molecular weight excluding hydrogens is 274 g/mol. The van der Waals surface area contributed by atoms with E-state index in [9.17, 15) is 14.9 Å². The Kier molecular flexibility index (Phi) is 5.91. The van der Waals surface area contributed by atoms with Crippen molar-refractivity contribution in [3.05, 3.63) is 46.2 Å². The Balaban J connectivity index is 2.83. The quantitative estimate of drug-likeness (QED) is 0.267. The first kappa shape index (κ1) is 15.7. The van der Waals surface area contributed by atoms with Crippen LogP contribution in [-0.2, 0) is 4.79 Å². The summed E-state index contributed by atoms with van der Waals surface area (Å²) in [5.41, 5.74) is -0.502. The van der Waals surface area contributed by atoms with Gasteiger partial charge in [0.15, 0.2) is 0 Å². The van der Waals surface area contributed by atoms with E-state index in [4.69, 9.17) is 10.5 Å². The number of carbonyl (C=O) groups is 1. The molecule has 1 aromatic carbocycles. The van der Waals surface area contributed by atoms with E-state index in [0.717, 1.165) is 0 Å². The van der Waals surface area contributed by atoms with Crippen molar-refractivity contribution in [2.75, 3.05) is 11.9 Å². The van der Waals surface area contributed by atoms with Gasteiger partial charge in [-0.25, -0.2) is 0 Å². The predicted molar refractivity (Wildman–Crippen MR) is 73.7 cm³/mol. The van der Waals surface area contributed by atoms with Crippen molar-refractivity contribution in [3.8, 4) is 12.1 Å². The number of nitro groups is 1. The number of amides is 1. The number of nitrogens with one attached hydrogen (secondary N) is 2. The van der Waals surface area contributed by atoms with Gasteiger partial charge in [-0.1, -0.05) is 12.1 Å². The fourth-order valence-electron chi connectivity index (χ4n) is 1.38. The molecule has 2 N–H and O–H groups in total. The minimum Gasteiger partial charge on any atom is -0.389 e. The highest BCUT2D eigenvalue weighted by molar-refractivity contribution is 6.07. The second-order valence-electron chi connectivity index (χ2n) is 3.76. The van der Waals surface area contributed by atoms with Crippen LogP contribution in [0.15, 0.2) is 36.0 Å². The fraction of sp³-hybridized carbons (Fsp3) is 0.154. The van der Waals surface area contributed by atoms with Crippen molar-refractivity contribution in [2.45, 2.75) is 6.42 Å². The van der Waals surface area contributed by atoms with E-state index >= 15 is 0 Å². The summed E-state index contributed by atoms with van der Waals surface area (Å²) in [6, 6.07) is 9.20. The SMILES string of the molecule is N#CCCN/C=C(/C#N)C(=O)Nc1ccccc1[N+](=O)[O-]. The second kappa shape index (κ2) is 7.92. The Morgan fingerprint density at radius 3 is 2.71 bits per heavy atom. The van der Waals surface area contributed by atoms with Gasteiger partial charge in [-0.05, 0) is 6.07 Å². The third kappa shape index (κ3) is 4.65. The Morgan fingerprint density at radius 2 is 2.10 bits per heavy atom. The normalized spacial score (nSPS) is 10.1. The molecule has 0 radical (unpaired) electrons. The van der Waals surface area contributed by atoms with Gasteiger partial charge in [0.05, 0.1) is 17.4 Å². The second-order valence-corrected chi connectivity index (χ2v) is 3.76. The molecule has 1 rings (SSSR count). The van der Waals surface area contributed by atoms with Crippen molar-refractivity contribution >= 4 is 17.3 Å². The lowest BCUT2D eigenvalue weighted by Gasteiger charge is -2.05. The lowest BCUT2D eigenvalue weighted by Crippen LogP contribution is -2.17. The molecule has 106 valence electrons. The van der Waals surface area contributed by atoms with Crippen molar-refractivity contribution in [1.82, 2.24) is 5.32 Å². The molecule has 0 heterocycles. The largest absolute Gasteiger partial charge is 0.389 e. The molecule has 0 saturated carbocycles. The monoisotopic (exact) mass is 285 g/mol. The van der Waals surface area contributed by atoms with Gasteiger partial charge in [-0.2, -0.15) is 10.5 Å². The molecule has 8 nitrogen and oxygen atoms in total. The van der Waals surface area contributed by atoms with Crippen molar-refractivity contribution in [1.29, 1.82) is 10.5 Å². The number of benzene rings is 1. The zero-order valence-corrected chi connectivity index (χ0v) is 10.9. The molecule has 0 aromatic heterocycles. The summed E-state index contributed by atoms with van der Waals surface area (Å²) >= 11 is 0. The van der Waals surface area contributed by atoms with Gasteiger partial charge >= 0.3 is 0 Å². The smallest absolute Gasteiger partial charge is 0.292 e. The highest BCUT2D eigenvalue weighted by Crippen LogP contribution is 2.23. The van der Waals surface area contributed by atoms with E-state index < -0.39 is 10.8 Å². The van der Waals surface area contributed by atoms with E-state index in [1.165, 1.54) is 30.5 Å². The summed E-state index contributed by atoms with van der Waals surface area (Å²) in [5.74, 6) is -0.767. The van der Waals surface area contributed by atoms with Gasteiger partial charge in [0, 0.05) is 18.8 Å². The molecule has 0 bridgehead atoms. The summed E-state index contributed by atoms with van der Waals surface area (Å²) in [6.45, 7) is 0.292. The number of nitrogens with zero attached hydrogens (tertiary/aromatic N) is 3. The number of para-hydroxylation sites is 2. The topological polar surface area (TPSA) is 132 Å². The maximum atomic E-state index is 11.9. The number of carbonyl (C=O) groups excluding carboxylic acids is 1. The summed E-state index contributed by atoms with van der Waals surface area (Å²) in [7, 11) is 0. The van der Waals surface area contributed by atoms with Gasteiger partial charge in [-0.3, -0.25) is 14.9 Å². The third-order valence-electron chi connectivity index (χ3n) is 2.34. The average molecular weight is 285 g/mol. The maximum Gasteiger partial charge on any atom is 0.292 e. The number of nitriles is 2. The van der Waals surface area contributed by atoms with E-state index in [1.807, 2.05) is 6.07 Å². The minimum absolute atomic E-state index is 0.00525. The number of rotatable bonds is 6. The Hall–Kier alpha value is -3.39. The molecule has 1 amide bonds. The predicted octanol–water partition coefficient (Wildman–Crippen LogP) is 1.44. The highest BCUT2D eigenvalue weighted by atomic mass is 16.6. The van der Waals surface area contributed by atoms with Gasteiger partial charge in [0.1, 0.15) is 17.3 Å². The van der Waals surface area contributed by atoms with Crippen LogP contribution in [0.3, 0.4) is 0 Å². The number of hydrogen-bond donors (Lipinski definition) is 2. The van der Waals surface area contributed by atoms with Gasteiger partial charge in [0.25, 0.3) is 11.6 Å². The first-order valence-corrected chi connectivity index (χ1v) is 5.85. The molecule has 0 aliphatic heterocycles. The fourth-order valence-corrected chi connectivity index (χ4v) is 1.38. The molecule has 0 spiro atoms. The van der Waals surface area contributed by atoms with Gasteiger partial charge in [-0.15, -0.1) is 0 Å². The zero-order valence-electron chi connectivity index (χ0n) is 10.9. The summed E-state index contributed by atoms with van der Waals surface area (Å²) in [4.78, 5) is 22.0. The van der Waals surface area contributed by atoms with E-state index in [0.29, 0.717) is 6.54 Å². The summed E-state index contributed by atoms with van der Waals surface area (Å²) < 4.78 is 0. The molecule has 1 aromatic rings. The molecular formula is C13H11N5O3. The van der Waals surface area contributed by atoms with Crippen LogP contribution in [0.25, 0.3) is 0 Å². The molecule has 0 fully saturated rings. The van der Waals surface area contributed by atoms with Gasteiger partial charge < -0.3 is 10.6 Å². The number of hydrogen-bond acceptors (Lipinski definition) is 6. The molecule has 0 saturated heterocycles. The lowest BCUT2D eigenvalue weighted by molar-refractivity contribution is -0.383. The zero-order chi connectivity index (χ0) is 15.7. The first-order valence-electron chi connectivity index (χ1n) is 5.85. The molecule has 0 aliphatic rings. The Labute approximate surface area is 120 Å². The summed E-state index contributed by atoms with van der Waals surface area (Å²) in [6.07, 6.45) is 1.39. The van der Waals surface area contributed by atoms with Gasteiger partial charge in [0.2, 0.25) is 0 Å². The van der Waals surface area contributed by atoms with E-state index in [1.54, 1.807) is 6.07 Å². The highest BCUT2D eigenvalue weighted by Gasteiger charge is 2.16. The molecule has 21 heavy (non-hydrogen) atoms. The molecule has 0 aliphatic carbocycles. The maximum absolute atomic E-state index is 11.9. The van der Waals surface area contributed by atoms with Crippen LogP contribution in [0.2, 0.25) is 0 Å². The number of anilines is 1. The Bertz CT molecular complexity index is 655. The van der Waals surface area contributed by atoms with Crippen LogP contribution in [0, 0.1) is 32.8 Å². The lowest BCUT2D eigenvalue weighted by atomic mass is 10.2. The van der Waals surface area contributed by atoms with Crippen LogP contribution >= 0.6 is 0 Å². The Morgan fingerprint density at radius 1 is 1.38 bits per heavy atom. The first-order chi connectivity index (χ1) is 10.1. The minimum atomic E-state index is -0.767. The van der Waals surface area contributed by atoms with E-state index in [-0.39, 0.29) is 23.4 Å². The van der Waals surface area contributed by atoms with Crippen LogP contribution in [-0.4, -0.2) is 17.4 Å². The molecule has 8 heteroatoms. The van der Waals surface area contributed by atoms with Crippen LogP contribution < -0.4 is 10.6 Å². The van der Waals surface area contributed by atoms with Crippen LogP contribution in [0.1, 0.15) is 6.42 Å². The van der Waals surface area contributed by atoms with Crippen LogP contribution in [0.4, 0.5) is 11.4 Å². The number of nitro benzene ring substituents is 1. The molecule has 0 atom stereocenters.